The molecule has 1 aromatic carbocycles. The van der Waals surface area contributed by atoms with Gasteiger partial charge in [-0.15, -0.1) is 0 Å². The maximum Gasteiger partial charge on any atom is 0.356 e. The van der Waals surface area contributed by atoms with Crippen LogP contribution in [0.4, 0.5) is 21.6 Å². The van der Waals surface area contributed by atoms with Crippen molar-refractivity contribution in [1.82, 2.24) is 4.98 Å². The van der Waals surface area contributed by atoms with Crippen LogP contribution in [0.15, 0.2) is 30.3 Å². The summed E-state index contributed by atoms with van der Waals surface area (Å²) in [5.41, 5.74) is 7.19. The Labute approximate surface area is 115 Å². The molecule has 0 unspecified atom stereocenters. The first kappa shape index (κ1) is 13.8. The van der Waals surface area contributed by atoms with Gasteiger partial charge >= 0.3 is 5.97 Å². The molecule has 1 heterocycles. The van der Waals surface area contributed by atoms with Gasteiger partial charge in [0.1, 0.15) is 5.82 Å². The predicted octanol–water partition coefficient (Wildman–Crippen LogP) is 2.64. The number of nitrogens with two attached hydrogens (primary N) is 1. The van der Waals surface area contributed by atoms with Gasteiger partial charge in [-0.3, -0.25) is 0 Å². The lowest BCUT2D eigenvalue weighted by Gasteiger charge is -2.10. The van der Waals surface area contributed by atoms with Gasteiger partial charge in [-0.1, -0.05) is 6.07 Å². The third-order valence-electron chi connectivity index (χ3n) is 2.70. The molecule has 0 amide bonds. The number of esters is 1. The van der Waals surface area contributed by atoms with Crippen molar-refractivity contribution in [2.45, 2.75) is 6.92 Å². The molecule has 0 radical (unpaired) electrons. The van der Waals surface area contributed by atoms with Crippen LogP contribution in [0.1, 0.15) is 16.1 Å². The number of rotatable bonds is 3. The number of nitrogen functional groups attached to an aromatic ring is 1. The largest absolute Gasteiger partial charge is 0.464 e. The third-order valence-corrected chi connectivity index (χ3v) is 2.70. The van der Waals surface area contributed by atoms with Crippen LogP contribution in [0.25, 0.3) is 0 Å². The van der Waals surface area contributed by atoms with E-state index in [9.17, 15) is 9.18 Å². The van der Waals surface area contributed by atoms with Crippen LogP contribution in [-0.2, 0) is 4.74 Å². The van der Waals surface area contributed by atoms with Gasteiger partial charge in [-0.05, 0) is 36.8 Å². The molecule has 0 aliphatic rings. The Kier molecular flexibility index (Phi) is 3.84. The monoisotopic (exact) mass is 275 g/mol. The summed E-state index contributed by atoms with van der Waals surface area (Å²) >= 11 is 0. The van der Waals surface area contributed by atoms with Crippen LogP contribution < -0.4 is 11.1 Å². The number of carbonyl (C=O) groups is 1. The molecule has 5 nitrogen and oxygen atoms in total. The fraction of sp³-hybridized carbons (Fsp3) is 0.143. The van der Waals surface area contributed by atoms with E-state index >= 15 is 0 Å². The van der Waals surface area contributed by atoms with Crippen molar-refractivity contribution in [3.8, 4) is 0 Å². The molecular weight excluding hydrogens is 261 g/mol. The zero-order chi connectivity index (χ0) is 14.7. The van der Waals surface area contributed by atoms with Crippen molar-refractivity contribution in [2.24, 2.45) is 0 Å². The lowest BCUT2D eigenvalue weighted by atomic mass is 10.2. The van der Waals surface area contributed by atoms with Crippen LogP contribution in [0.3, 0.4) is 0 Å². The molecule has 2 rings (SSSR count). The SMILES string of the molecule is COC(=O)c1ccc(N)c(Nc2ccc(C)cc2F)n1. The maximum atomic E-state index is 13.8. The van der Waals surface area contributed by atoms with Crippen molar-refractivity contribution in [1.29, 1.82) is 0 Å². The Morgan fingerprint density at radius 3 is 2.75 bits per heavy atom. The molecule has 0 saturated heterocycles. The lowest BCUT2D eigenvalue weighted by Crippen LogP contribution is -2.08. The average molecular weight is 275 g/mol. The van der Waals surface area contributed by atoms with Crippen molar-refractivity contribution in [3.05, 3.63) is 47.4 Å². The van der Waals surface area contributed by atoms with E-state index in [1.54, 1.807) is 19.1 Å². The molecule has 3 N–H and O–H groups in total. The smallest absolute Gasteiger partial charge is 0.356 e. The Balaban J connectivity index is 2.35. The number of pyridine rings is 1. The van der Waals surface area contributed by atoms with E-state index in [-0.39, 0.29) is 17.2 Å². The second kappa shape index (κ2) is 5.56. The van der Waals surface area contributed by atoms with Gasteiger partial charge in [0.15, 0.2) is 11.5 Å². The number of nitrogens with one attached hydrogen (secondary N) is 1. The molecule has 0 bridgehead atoms. The molecule has 0 aliphatic heterocycles. The van der Waals surface area contributed by atoms with Crippen molar-refractivity contribution >= 4 is 23.2 Å². The van der Waals surface area contributed by atoms with Crippen molar-refractivity contribution in [3.63, 3.8) is 0 Å². The van der Waals surface area contributed by atoms with Crippen molar-refractivity contribution in [2.75, 3.05) is 18.2 Å². The fourth-order valence-corrected chi connectivity index (χ4v) is 1.64. The molecule has 0 spiro atoms. The molecule has 0 aliphatic carbocycles. The van der Waals surface area contributed by atoms with Gasteiger partial charge in [0, 0.05) is 0 Å². The molecule has 20 heavy (non-hydrogen) atoms. The van der Waals surface area contributed by atoms with E-state index in [4.69, 9.17) is 5.73 Å². The first-order valence-electron chi connectivity index (χ1n) is 5.89. The Hall–Kier alpha value is -2.63. The summed E-state index contributed by atoms with van der Waals surface area (Å²) in [4.78, 5) is 15.4. The number of hydrogen-bond donors (Lipinski definition) is 2. The molecule has 0 fully saturated rings. The minimum absolute atomic E-state index is 0.0942. The van der Waals surface area contributed by atoms with Crippen LogP contribution >= 0.6 is 0 Å². The zero-order valence-electron chi connectivity index (χ0n) is 11.1. The van der Waals surface area contributed by atoms with Gasteiger partial charge in [-0.2, -0.15) is 0 Å². The summed E-state index contributed by atoms with van der Waals surface area (Å²) in [6.45, 7) is 1.79. The second-order valence-corrected chi connectivity index (χ2v) is 4.23. The molecule has 6 heteroatoms. The van der Waals surface area contributed by atoms with Gasteiger partial charge in [0.2, 0.25) is 0 Å². The Bertz CT molecular complexity index is 659. The number of carbonyl (C=O) groups excluding carboxylic acids is 1. The second-order valence-electron chi connectivity index (χ2n) is 4.23. The van der Waals surface area contributed by atoms with E-state index in [0.29, 0.717) is 5.69 Å². The lowest BCUT2D eigenvalue weighted by molar-refractivity contribution is 0.0594. The Morgan fingerprint density at radius 1 is 1.35 bits per heavy atom. The van der Waals surface area contributed by atoms with E-state index < -0.39 is 11.8 Å². The van der Waals surface area contributed by atoms with Gasteiger partial charge in [0.25, 0.3) is 0 Å². The van der Waals surface area contributed by atoms with Crippen LogP contribution in [0, 0.1) is 12.7 Å². The summed E-state index contributed by atoms with van der Waals surface area (Å²) in [7, 11) is 1.26. The van der Waals surface area contributed by atoms with Crippen LogP contribution in [0.2, 0.25) is 0 Å². The molecule has 104 valence electrons. The molecular formula is C14H14FN3O2. The highest BCUT2D eigenvalue weighted by Gasteiger charge is 2.12. The highest BCUT2D eigenvalue weighted by Crippen LogP contribution is 2.24. The zero-order valence-corrected chi connectivity index (χ0v) is 11.1. The number of benzene rings is 1. The first-order chi connectivity index (χ1) is 9.51. The highest BCUT2D eigenvalue weighted by molar-refractivity contribution is 5.88. The van der Waals surface area contributed by atoms with Crippen LogP contribution in [-0.4, -0.2) is 18.1 Å². The number of aryl methyl sites for hydroxylation is 1. The van der Waals surface area contributed by atoms with Gasteiger partial charge in [0.05, 0.1) is 18.5 Å². The summed E-state index contributed by atoms with van der Waals surface area (Å²) in [6.07, 6.45) is 0. The summed E-state index contributed by atoms with van der Waals surface area (Å²) < 4.78 is 18.3. The van der Waals surface area contributed by atoms with E-state index in [1.807, 2.05) is 0 Å². The molecule has 2 aromatic rings. The number of ether oxygens (including phenoxy) is 1. The maximum absolute atomic E-state index is 13.8. The molecule has 0 atom stereocenters. The normalized spacial score (nSPS) is 10.2. The average Bonchev–Trinajstić information content (AvgIpc) is 2.43. The minimum Gasteiger partial charge on any atom is -0.464 e. The predicted molar refractivity (Wildman–Crippen MR) is 74.4 cm³/mol. The number of aromatic nitrogens is 1. The number of anilines is 3. The number of halogens is 1. The quantitative estimate of drug-likeness (QED) is 0.842. The van der Waals surface area contributed by atoms with Gasteiger partial charge < -0.3 is 15.8 Å². The highest BCUT2D eigenvalue weighted by atomic mass is 19.1. The van der Waals surface area contributed by atoms with E-state index in [0.717, 1.165) is 5.56 Å². The van der Waals surface area contributed by atoms with Crippen LogP contribution in [0.5, 0.6) is 0 Å². The summed E-state index contributed by atoms with van der Waals surface area (Å²) in [5, 5.41) is 2.77. The summed E-state index contributed by atoms with van der Waals surface area (Å²) in [5.74, 6) is -0.803. The third kappa shape index (κ3) is 2.85. The number of nitrogens with zero attached hydrogens (tertiary/aromatic N) is 1. The van der Waals surface area contributed by atoms with E-state index in [1.165, 1.54) is 25.3 Å². The number of hydrogen-bond acceptors (Lipinski definition) is 5. The minimum atomic E-state index is -0.586. The fourth-order valence-electron chi connectivity index (χ4n) is 1.64. The topological polar surface area (TPSA) is 77.2 Å². The molecule has 0 saturated carbocycles. The number of methoxy groups -OCH3 is 1. The summed E-state index contributed by atoms with van der Waals surface area (Å²) in [6, 6.07) is 7.68. The Morgan fingerprint density at radius 2 is 2.10 bits per heavy atom. The van der Waals surface area contributed by atoms with E-state index in [2.05, 4.69) is 15.0 Å². The first-order valence-corrected chi connectivity index (χ1v) is 5.89. The molecule has 1 aromatic heterocycles. The van der Waals surface area contributed by atoms with Gasteiger partial charge in [-0.25, -0.2) is 14.2 Å². The standard InChI is InChI=1S/C14H14FN3O2/c1-8-3-5-11(9(15)7-8)17-13-10(16)4-6-12(18-13)14(19)20-2/h3-7H,16H2,1-2H3,(H,17,18). The van der Waals surface area contributed by atoms with Crippen molar-refractivity contribution < 1.29 is 13.9 Å².